The zero-order chi connectivity index (χ0) is 13.2. The minimum absolute atomic E-state index is 0.249. The average molecular weight is 255 g/mol. The van der Waals surface area contributed by atoms with E-state index in [4.69, 9.17) is 4.74 Å². The maximum atomic E-state index is 5.68. The molecule has 2 rings (SSSR count). The summed E-state index contributed by atoms with van der Waals surface area (Å²) in [5, 5.41) is 3.43. The van der Waals surface area contributed by atoms with Gasteiger partial charge in [0.15, 0.2) is 0 Å². The fraction of sp³-hybridized carbons (Fsp3) is 1.00. The Morgan fingerprint density at radius 1 is 1.33 bits per heavy atom. The second-order valence-corrected chi connectivity index (χ2v) is 6.40. The first-order valence-corrected chi connectivity index (χ1v) is 7.28. The van der Waals surface area contributed by atoms with Gasteiger partial charge in [0.2, 0.25) is 0 Å². The number of nitrogens with one attached hydrogen (secondary N) is 1. The van der Waals surface area contributed by atoms with Crippen molar-refractivity contribution in [1.82, 2.24) is 15.1 Å². The lowest BCUT2D eigenvalue weighted by Crippen LogP contribution is -2.58. The molecule has 0 radical (unpaired) electrons. The van der Waals surface area contributed by atoms with E-state index < -0.39 is 0 Å². The summed E-state index contributed by atoms with van der Waals surface area (Å²) in [6.45, 7) is 13.5. The van der Waals surface area contributed by atoms with Gasteiger partial charge in [0, 0.05) is 50.9 Å². The third-order valence-electron chi connectivity index (χ3n) is 4.51. The van der Waals surface area contributed by atoms with E-state index in [1.54, 1.807) is 0 Å². The molecule has 0 aliphatic carbocycles. The summed E-state index contributed by atoms with van der Waals surface area (Å²) in [6.07, 6.45) is 1.56. The molecule has 106 valence electrons. The number of hydrogen-bond acceptors (Lipinski definition) is 4. The molecule has 0 aromatic heterocycles. The number of ether oxygens (including phenoxy) is 1. The van der Waals surface area contributed by atoms with Crippen LogP contribution in [0.25, 0.3) is 0 Å². The van der Waals surface area contributed by atoms with Crippen LogP contribution in [0.5, 0.6) is 0 Å². The molecule has 1 N–H and O–H groups in total. The van der Waals surface area contributed by atoms with E-state index in [1.807, 2.05) is 0 Å². The van der Waals surface area contributed by atoms with Gasteiger partial charge in [-0.05, 0) is 34.2 Å². The third-order valence-corrected chi connectivity index (χ3v) is 4.51. The maximum Gasteiger partial charge on any atom is 0.0702 e. The van der Waals surface area contributed by atoms with Gasteiger partial charge >= 0.3 is 0 Å². The molecule has 18 heavy (non-hydrogen) atoms. The van der Waals surface area contributed by atoms with Gasteiger partial charge in [0.05, 0.1) is 6.10 Å². The van der Waals surface area contributed by atoms with Crippen molar-refractivity contribution >= 4 is 0 Å². The highest BCUT2D eigenvalue weighted by molar-refractivity contribution is 4.90. The maximum absolute atomic E-state index is 5.68. The Balaban J connectivity index is 1.89. The molecule has 0 aromatic carbocycles. The molecule has 2 aliphatic rings. The summed E-state index contributed by atoms with van der Waals surface area (Å²) in [5.74, 6) is 0. The van der Waals surface area contributed by atoms with Gasteiger partial charge in [-0.1, -0.05) is 0 Å². The van der Waals surface area contributed by atoms with E-state index in [0.717, 1.165) is 39.3 Å². The van der Waals surface area contributed by atoms with Crippen LogP contribution < -0.4 is 5.32 Å². The Labute approximate surface area is 112 Å². The summed E-state index contributed by atoms with van der Waals surface area (Å²) in [4.78, 5) is 5.11. The van der Waals surface area contributed by atoms with Crippen LogP contribution in [0.1, 0.15) is 27.2 Å². The summed E-state index contributed by atoms with van der Waals surface area (Å²) in [6, 6.07) is 0.590. The van der Waals surface area contributed by atoms with Crippen molar-refractivity contribution in [2.75, 3.05) is 46.4 Å². The van der Waals surface area contributed by atoms with Crippen molar-refractivity contribution in [2.24, 2.45) is 0 Å². The van der Waals surface area contributed by atoms with Crippen molar-refractivity contribution in [1.29, 1.82) is 0 Å². The minimum atomic E-state index is 0.249. The first-order chi connectivity index (χ1) is 8.50. The van der Waals surface area contributed by atoms with E-state index in [0.29, 0.717) is 12.1 Å². The van der Waals surface area contributed by atoms with Crippen LogP contribution in [0.3, 0.4) is 0 Å². The van der Waals surface area contributed by atoms with Gasteiger partial charge in [-0.25, -0.2) is 0 Å². The number of piperazine rings is 1. The highest BCUT2D eigenvalue weighted by Gasteiger charge is 2.34. The number of likely N-dealkylation sites (N-methyl/N-ethyl adjacent to an activating group) is 1. The smallest absolute Gasteiger partial charge is 0.0702 e. The molecule has 2 aliphatic heterocycles. The largest absolute Gasteiger partial charge is 0.377 e. The fourth-order valence-corrected chi connectivity index (χ4v) is 3.40. The fourth-order valence-electron chi connectivity index (χ4n) is 3.40. The highest BCUT2D eigenvalue weighted by Crippen LogP contribution is 2.22. The average Bonchev–Trinajstić information content (AvgIpc) is 2.76. The van der Waals surface area contributed by atoms with Gasteiger partial charge in [-0.15, -0.1) is 0 Å². The number of rotatable bonds is 4. The second-order valence-electron chi connectivity index (χ2n) is 6.40. The Kier molecular flexibility index (Phi) is 4.64. The lowest BCUT2D eigenvalue weighted by atomic mass is 9.99. The van der Waals surface area contributed by atoms with E-state index >= 15 is 0 Å². The lowest BCUT2D eigenvalue weighted by molar-refractivity contribution is 0.0361. The van der Waals surface area contributed by atoms with Gasteiger partial charge < -0.3 is 10.1 Å². The van der Waals surface area contributed by atoms with Crippen LogP contribution in [-0.2, 0) is 4.74 Å². The Bertz CT molecular complexity index is 264. The summed E-state index contributed by atoms with van der Waals surface area (Å²) in [5.41, 5.74) is 0.249. The van der Waals surface area contributed by atoms with Gasteiger partial charge in [-0.3, -0.25) is 9.80 Å². The molecule has 4 nitrogen and oxygen atoms in total. The molecule has 0 bridgehead atoms. The topological polar surface area (TPSA) is 27.7 Å². The van der Waals surface area contributed by atoms with Crippen LogP contribution in [0.15, 0.2) is 0 Å². The summed E-state index contributed by atoms with van der Waals surface area (Å²) < 4.78 is 5.68. The van der Waals surface area contributed by atoms with Crippen molar-refractivity contribution in [3.05, 3.63) is 0 Å². The third kappa shape index (κ3) is 3.23. The van der Waals surface area contributed by atoms with Crippen molar-refractivity contribution in [2.45, 2.75) is 44.9 Å². The predicted octanol–water partition coefficient (Wildman–Crippen LogP) is 0.779. The molecule has 2 atom stereocenters. The van der Waals surface area contributed by atoms with Gasteiger partial charge in [0.1, 0.15) is 0 Å². The monoisotopic (exact) mass is 255 g/mol. The summed E-state index contributed by atoms with van der Waals surface area (Å²) >= 11 is 0. The van der Waals surface area contributed by atoms with Crippen LogP contribution >= 0.6 is 0 Å². The molecule has 2 fully saturated rings. The van der Waals surface area contributed by atoms with Crippen LogP contribution in [-0.4, -0.2) is 73.9 Å². The van der Waals surface area contributed by atoms with E-state index in [9.17, 15) is 0 Å². The minimum Gasteiger partial charge on any atom is -0.377 e. The SMILES string of the molecule is CC1OCCC1N(C)CC(C)(C)N1CCNCC1. The standard InChI is InChI=1S/C14H29N3O/c1-12-13(5-10-18-12)16(4)11-14(2,3)17-8-6-15-7-9-17/h12-13,15H,5-11H2,1-4H3. The Morgan fingerprint density at radius 3 is 2.56 bits per heavy atom. The van der Waals surface area contributed by atoms with E-state index in [2.05, 4.69) is 42.9 Å². The number of hydrogen-bond donors (Lipinski definition) is 1. The van der Waals surface area contributed by atoms with Crippen LogP contribution in [0.2, 0.25) is 0 Å². The molecule has 4 heteroatoms. The molecule has 2 unspecified atom stereocenters. The zero-order valence-corrected chi connectivity index (χ0v) is 12.4. The Hall–Kier alpha value is -0.160. The lowest BCUT2D eigenvalue weighted by Gasteiger charge is -2.44. The molecule has 0 aromatic rings. The normalized spacial score (nSPS) is 31.2. The first kappa shape index (κ1) is 14.3. The van der Waals surface area contributed by atoms with E-state index in [1.165, 1.54) is 6.42 Å². The molecule has 2 heterocycles. The van der Waals surface area contributed by atoms with Gasteiger partial charge in [0.25, 0.3) is 0 Å². The van der Waals surface area contributed by atoms with E-state index in [-0.39, 0.29) is 5.54 Å². The quantitative estimate of drug-likeness (QED) is 0.803. The second kappa shape index (κ2) is 5.87. The molecular formula is C14H29N3O. The molecule has 0 saturated carbocycles. The van der Waals surface area contributed by atoms with Crippen molar-refractivity contribution in [3.8, 4) is 0 Å². The molecule has 2 saturated heterocycles. The highest BCUT2D eigenvalue weighted by atomic mass is 16.5. The molecule has 0 spiro atoms. The van der Waals surface area contributed by atoms with Crippen molar-refractivity contribution < 1.29 is 4.74 Å². The first-order valence-electron chi connectivity index (χ1n) is 7.28. The number of nitrogens with zero attached hydrogens (tertiary/aromatic N) is 2. The zero-order valence-electron chi connectivity index (χ0n) is 12.4. The Morgan fingerprint density at radius 2 is 2.00 bits per heavy atom. The summed E-state index contributed by atoms with van der Waals surface area (Å²) in [7, 11) is 2.25. The molecular weight excluding hydrogens is 226 g/mol. The van der Waals surface area contributed by atoms with Crippen LogP contribution in [0, 0.1) is 0 Å². The predicted molar refractivity (Wildman–Crippen MR) is 75.0 cm³/mol. The van der Waals surface area contributed by atoms with Crippen molar-refractivity contribution in [3.63, 3.8) is 0 Å². The van der Waals surface area contributed by atoms with Crippen LogP contribution in [0.4, 0.5) is 0 Å². The molecule has 0 amide bonds. The van der Waals surface area contributed by atoms with Gasteiger partial charge in [-0.2, -0.15) is 0 Å².